The Labute approximate surface area is 191 Å². The van der Waals surface area contributed by atoms with E-state index < -0.39 is 4.92 Å². The minimum atomic E-state index is -0.456. The zero-order valence-electron chi connectivity index (χ0n) is 16.8. The van der Waals surface area contributed by atoms with Crippen LogP contribution in [0.25, 0.3) is 6.08 Å². The molecule has 0 aliphatic carbocycles. The molecule has 10 heteroatoms. The zero-order chi connectivity index (χ0) is 22.5. The number of nitrogens with zero attached hydrogens (tertiary/aromatic N) is 2. The summed E-state index contributed by atoms with van der Waals surface area (Å²) in [7, 11) is 0. The molecule has 2 aromatic rings. The Kier molecular flexibility index (Phi) is 7.34. The molecule has 1 aliphatic rings. The fourth-order valence-electron chi connectivity index (χ4n) is 2.87. The molecular formula is C21H19BrN2O6S. The molecule has 0 atom stereocenters. The van der Waals surface area contributed by atoms with Gasteiger partial charge < -0.3 is 9.47 Å². The van der Waals surface area contributed by atoms with Gasteiger partial charge in [0.1, 0.15) is 6.61 Å². The van der Waals surface area contributed by atoms with E-state index >= 15 is 0 Å². The largest absolute Gasteiger partial charge is 0.490 e. The lowest BCUT2D eigenvalue weighted by atomic mass is 10.1. The monoisotopic (exact) mass is 506 g/mol. The van der Waals surface area contributed by atoms with Crippen LogP contribution in [0.5, 0.6) is 11.5 Å². The van der Waals surface area contributed by atoms with Crippen LogP contribution in [0, 0.1) is 10.1 Å². The summed E-state index contributed by atoms with van der Waals surface area (Å²) in [4.78, 5) is 36.1. The molecule has 31 heavy (non-hydrogen) atoms. The molecular weight excluding hydrogens is 488 g/mol. The van der Waals surface area contributed by atoms with Crippen LogP contribution in [-0.2, 0) is 11.4 Å². The van der Waals surface area contributed by atoms with Gasteiger partial charge in [-0.1, -0.05) is 0 Å². The van der Waals surface area contributed by atoms with E-state index in [0.717, 1.165) is 17.3 Å². The summed E-state index contributed by atoms with van der Waals surface area (Å²) in [6, 6.07) is 9.61. The summed E-state index contributed by atoms with van der Waals surface area (Å²) in [5.41, 5.74) is 1.45. The second-order valence-corrected chi connectivity index (χ2v) is 8.25. The van der Waals surface area contributed by atoms with Gasteiger partial charge >= 0.3 is 0 Å². The van der Waals surface area contributed by atoms with Crippen LogP contribution in [0.2, 0.25) is 0 Å². The van der Waals surface area contributed by atoms with Crippen molar-refractivity contribution in [2.75, 3.05) is 13.2 Å². The maximum atomic E-state index is 12.3. The quantitative estimate of drug-likeness (QED) is 0.268. The van der Waals surface area contributed by atoms with Crippen LogP contribution < -0.4 is 9.47 Å². The number of likely N-dealkylation sites (N-methyl/N-ethyl adjacent to an activating group) is 1. The Balaban J connectivity index is 1.83. The first-order valence-corrected chi connectivity index (χ1v) is 11.0. The lowest BCUT2D eigenvalue weighted by Crippen LogP contribution is -2.27. The van der Waals surface area contributed by atoms with Crippen LogP contribution >= 0.6 is 27.7 Å². The summed E-state index contributed by atoms with van der Waals surface area (Å²) in [5.74, 6) is 0.629. The molecule has 0 spiro atoms. The van der Waals surface area contributed by atoms with Gasteiger partial charge in [-0.2, -0.15) is 0 Å². The Morgan fingerprint density at radius 2 is 1.87 bits per heavy atom. The number of hydrogen-bond donors (Lipinski definition) is 0. The molecule has 0 aromatic heterocycles. The number of non-ortho nitro benzene ring substituents is 1. The van der Waals surface area contributed by atoms with Gasteiger partial charge in [0.15, 0.2) is 11.5 Å². The molecule has 0 bridgehead atoms. The van der Waals surface area contributed by atoms with Crippen molar-refractivity contribution < 1.29 is 24.0 Å². The number of nitro benzene ring substituents is 1. The molecule has 3 rings (SSSR count). The van der Waals surface area contributed by atoms with Crippen LogP contribution in [0.3, 0.4) is 0 Å². The Morgan fingerprint density at radius 3 is 2.45 bits per heavy atom. The van der Waals surface area contributed by atoms with Gasteiger partial charge in [0.05, 0.1) is 20.9 Å². The maximum absolute atomic E-state index is 12.3. The summed E-state index contributed by atoms with van der Waals surface area (Å²) in [6.45, 7) is 4.50. The minimum Gasteiger partial charge on any atom is -0.490 e. The molecule has 0 radical (unpaired) electrons. The number of carbonyl (C=O) groups is 2. The molecule has 1 aliphatic heterocycles. The average molecular weight is 507 g/mol. The normalized spacial score (nSPS) is 14.9. The van der Waals surface area contributed by atoms with Crippen molar-refractivity contribution >= 4 is 50.6 Å². The molecule has 8 nitrogen and oxygen atoms in total. The highest BCUT2D eigenvalue weighted by atomic mass is 79.9. The minimum absolute atomic E-state index is 0.0109. The predicted molar refractivity (Wildman–Crippen MR) is 121 cm³/mol. The van der Waals surface area contributed by atoms with E-state index in [1.807, 2.05) is 6.92 Å². The topological polar surface area (TPSA) is 99.0 Å². The van der Waals surface area contributed by atoms with Gasteiger partial charge in [0.25, 0.3) is 16.8 Å². The number of rotatable bonds is 8. The first-order valence-electron chi connectivity index (χ1n) is 9.41. The van der Waals surface area contributed by atoms with E-state index in [0.29, 0.717) is 39.6 Å². The molecule has 0 saturated carbocycles. The molecule has 1 saturated heterocycles. The number of amides is 2. The number of benzene rings is 2. The van der Waals surface area contributed by atoms with Crippen molar-refractivity contribution in [3.8, 4) is 11.5 Å². The summed E-state index contributed by atoms with van der Waals surface area (Å²) < 4.78 is 12.2. The van der Waals surface area contributed by atoms with Crippen molar-refractivity contribution in [3.05, 3.63) is 67.0 Å². The van der Waals surface area contributed by atoms with Gasteiger partial charge in [-0.3, -0.25) is 24.6 Å². The molecule has 0 unspecified atom stereocenters. The van der Waals surface area contributed by atoms with Gasteiger partial charge in [0.2, 0.25) is 0 Å². The Hall–Kier alpha value is -2.85. The number of nitro groups is 1. The van der Waals surface area contributed by atoms with Crippen molar-refractivity contribution in [1.29, 1.82) is 0 Å². The Morgan fingerprint density at radius 1 is 1.16 bits per heavy atom. The summed E-state index contributed by atoms with van der Waals surface area (Å²) >= 11 is 4.39. The van der Waals surface area contributed by atoms with Gasteiger partial charge in [0, 0.05) is 18.7 Å². The highest BCUT2D eigenvalue weighted by Gasteiger charge is 2.33. The van der Waals surface area contributed by atoms with Crippen LogP contribution in [0.15, 0.2) is 45.8 Å². The van der Waals surface area contributed by atoms with Crippen molar-refractivity contribution in [3.63, 3.8) is 0 Å². The van der Waals surface area contributed by atoms with Gasteiger partial charge in [-0.05, 0) is 83.0 Å². The number of thioether (sulfide) groups is 1. The Bertz CT molecular complexity index is 1050. The summed E-state index contributed by atoms with van der Waals surface area (Å²) in [5, 5.41) is 10.5. The van der Waals surface area contributed by atoms with Crippen LogP contribution in [-0.4, -0.2) is 34.1 Å². The van der Waals surface area contributed by atoms with E-state index in [1.54, 1.807) is 37.3 Å². The van der Waals surface area contributed by atoms with E-state index in [4.69, 9.17) is 9.47 Å². The number of ether oxygens (including phenoxy) is 2. The molecule has 2 aromatic carbocycles. The van der Waals surface area contributed by atoms with Crippen LogP contribution in [0.1, 0.15) is 25.0 Å². The standard InChI is InChI=1S/C21H19BrN2O6S/c1-3-23-20(25)18(31-21(23)26)11-14-9-16(22)19(17(10-14)29-4-2)30-12-13-5-7-15(8-6-13)24(27)28/h5-11H,3-4,12H2,1-2H3/b18-11+. The van der Waals surface area contributed by atoms with Gasteiger partial charge in [-0.15, -0.1) is 0 Å². The predicted octanol–water partition coefficient (Wildman–Crippen LogP) is 5.39. The number of hydrogen-bond acceptors (Lipinski definition) is 7. The molecule has 1 heterocycles. The second-order valence-electron chi connectivity index (χ2n) is 6.40. The summed E-state index contributed by atoms with van der Waals surface area (Å²) in [6.07, 6.45) is 1.65. The fourth-order valence-corrected chi connectivity index (χ4v) is 4.34. The first kappa shape index (κ1) is 22.8. The number of carbonyl (C=O) groups excluding carboxylic acids is 2. The maximum Gasteiger partial charge on any atom is 0.293 e. The number of halogens is 1. The fraction of sp³-hybridized carbons (Fsp3) is 0.238. The third kappa shape index (κ3) is 5.26. The molecule has 2 amide bonds. The lowest BCUT2D eigenvalue weighted by molar-refractivity contribution is -0.384. The van der Waals surface area contributed by atoms with Crippen LogP contribution in [0.4, 0.5) is 10.5 Å². The first-order chi connectivity index (χ1) is 14.8. The van der Waals surface area contributed by atoms with E-state index in [2.05, 4.69) is 15.9 Å². The van der Waals surface area contributed by atoms with Gasteiger partial charge in [-0.25, -0.2) is 0 Å². The van der Waals surface area contributed by atoms with E-state index in [9.17, 15) is 19.7 Å². The third-order valence-corrected chi connectivity index (χ3v) is 5.85. The molecule has 162 valence electrons. The zero-order valence-corrected chi connectivity index (χ0v) is 19.2. The second kappa shape index (κ2) is 9.97. The lowest BCUT2D eigenvalue weighted by Gasteiger charge is -2.15. The highest BCUT2D eigenvalue weighted by Crippen LogP contribution is 2.39. The highest BCUT2D eigenvalue weighted by molar-refractivity contribution is 9.10. The average Bonchev–Trinajstić information content (AvgIpc) is 3.00. The number of imide groups is 1. The van der Waals surface area contributed by atoms with Crippen molar-refractivity contribution in [2.45, 2.75) is 20.5 Å². The van der Waals surface area contributed by atoms with Crippen molar-refractivity contribution in [2.24, 2.45) is 0 Å². The van der Waals surface area contributed by atoms with E-state index in [1.165, 1.54) is 17.0 Å². The smallest absolute Gasteiger partial charge is 0.293 e. The third-order valence-electron chi connectivity index (χ3n) is 4.35. The molecule has 1 fully saturated rings. The SMILES string of the molecule is CCOc1cc(/C=C2/SC(=O)N(CC)C2=O)cc(Br)c1OCc1ccc([N+](=O)[O-])cc1. The van der Waals surface area contributed by atoms with Crippen molar-refractivity contribution in [1.82, 2.24) is 4.90 Å². The van der Waals surface area contributed by atoms with E-state index in [-0.39, 0.29) is 23.4 Å². The molecule has 0 N–H and O–H groups in total.